The lowest BCUT2D eigenvalue weighted by atomic mass is 9.94. The monoisotopic (exact) mass is 483 g/mol. The van der Waals surface area contributed by atoms with Crippen LogP contribution in [-0.2, 0) is 12.8 Å². The molecule has 170 valence electrons. The maximum atomic E-state index is 13.3. The van der Waals surface area contributed by atoms with Gasteiger partial charge in [0.15, 0.2) is 11.4 Å². The van der Waals surface area contributed by atoms with Crippen molar-refractivity contribution in [2.24, 2.45) is 0 Å². The van der Waals surface area contributed by atoms with Crippen molar-refractivity contribution in [3.05, 3.63) is 96.9 Å². The van der Waals surface area contributed by atoms with Gasteiger partial charge in [0.25, 0.3) is 5.91 Å². The van der Waals surface area contributed by atoms with E-state index in [1.807, 2.05) is 55.3 Å². The number of rotatable bonds is 2. The number of hydrogen-bond donors (Lipinski definition) is 1. The molecule has 0 radical (unpaired) electrons. The molecule has 3 aromatic rings. The van der Waals surface area contributed by atoms with E-state index in [1.165, 1.54) is 6.07 Å². The SMILES string of the molecule is CC(C)N1CN(C2c3cc(Cl)ccc3CCc3ccc(Cl)cc32)n2ccc(=O)c(O)c2C1=O. The van der Waals surface area contributed by atoms with Crippen molar-refractivity contribution in [2.75, 3.05) is 11.7 Å². The summed E-state index contributed by atoms with van der Waals surface area (Å²) in [6.45, 7) is 4.08. The first-order valence-electron chi connectivity index (χ1n) is 10.9. The Morgan fingerprint density at radius 1 is 0.939 bits per heavy atom. The van der Waals surface area contributed by atoms with Crippen LogP contribution in [0.5, 0.6) is 5.75 Å². The molecular weight excluding hydrogens is 461 g/mol. The third-order valence-electron chi connectivity index (χ3n) is 6.48. The predicted molar refractivity (Wildman–Crippen MR) is 129 cm³/mol. The normalized spacial score (nSPS) is 15.8. The van der Waals surface area contributed by atoms with Gasteiger partial charge in [0, 0.05) is 28.4 Å². The molecular formula is C25H23Cl2N3O3. The molecule has 8 heteroatoms. The molecule has 0 saturated heterocycles. The Hall–Kier alpha value is -2.96. The van der Waals surface area contributed by atoms with Crippen molar-refractivity contribution in [1.29, 1.82) is 0 Å². The van der Waals surface area contributed by atoms with Crippen LogP contribution < -0.4 is 10.4 Å². The minimum absolute atomic E-state index is 0.0427. The second kappa shape index (κ2) is 8.12. The molecule has 1 aliphatic heterocycles. The second-order valence-corrected chi connectivity index (χ2v) is 9.63. The van der Waals surface area contributed by atoms with Crippen LogP contribution in [0.15, 0.2) is 53.5 Å². The first-order chi connectivity index (χ1) is 15.8. The van der Waals surface area contributed by atoms with E-state index in [2.05, 4.69) is 0 Å². The van der Waals surface area contributed by atoms with Crippen molar-refractivity contribution < 1.29 is 9.90 Å². The minimum Gasteiger partial charge on any atom is -0.502 e. The van der Waals surface area contributed by atoms with E-state index in [0.717, 1.165) is 35.1 Å². The highest BCUT2D eigenvalue weighted by Crippen LogP contribution is 2.40. The molecule has 1 amide bonds. The smallest absolute Gasteiger partial charge is 0.278 e. The summed E-state index contributed by atoms with van der Waals surface area (Å²) in [4.78, 5) is 27.2. The van der Waals surface area contributed by atoms with Gasteiger partial charge in [0.1, 0.15) is 6.67 Å². The molecule has 0 spiro atoms. The van der Waals surface area contributed by atoms with Crippen LogP contribution in [0.1, 0.15) is 52.6 Å². The molecule has 0 bridgehead atoms. The summed E-state index contributed by atoms with van der Waals surface area (Å²) in [5.41, 5.74) is 3.68. The van der Waals surface area contributed by atoms with E-state index >= 15 is 0 Å². The summed E-state index contributed by atoms with van der Waals surface area (Å²) in [6.07, 6.45) is 3.22. The van der Waals surface area contributed by atoms with Gasteiger partial charge in [0.05, 0.1) is 6.04 Å². The fraction of sp³-hybridized carbons (Fsp3) is 0.280. The first-order valence-corrected chi connectivity index (χ1v) is 11.6. The van der Waals surface area contributed by atoms with Gasteiger partial charge in [-0.25, -0.2) is 0 Å². The number of hydrogen-bond acceptors (Lipinski definition) is 4. The van der Waals surface area contributed by atoms with E-state index in [9.17, 15) is 14.7 Å². The number of carbonyl (C=O) groups is 1. The van der Waals surface area contributed by atoms with E-state index in [-0.39, 0.29) is 30.4 Å². The lowest BCUT2D eigenvalue weighted by Crippen LogP contribution is -2.57. The van der Waals surface area contributed by atoms with Crippen LogP contribution >= 0.6 is 23.2 Å². The quantitative estimate of drug-likeness (QED) is 0.582. The fourth-order valence-electron chi connectivity index (χ4n) is 4.81. The van der Waals surface area contributed by atoms with Crippen molar-refractivity contribution in [3.8, 4) is 5.75 Å². The standard InChI is InChI=1S/C25H23Cl2N3O3/c1-14(2)28-13-30(29-10-9-21(31)24(32)23(29)25(28)33)22-19-11-17(26)7-5-15(19)3-4-16-6-8-18(27)12-20(16)22/h5-12,14,22,32H,3-4,13H2,1-2H3. The number of benzene rings is 2. The summed E-state index contributed by atoms with van der Waals surface area (Å²) in [7, 11) is 0. The van der Waals surface area contributed by atoms with Crippen LogP contribution in [0, 0.1) is 0 Å². The zero-order valence-electron chi connectivity index (χ0n) is 18.3. The Morgan fingerprint density at radius 2 is 1.52 bits per heavy atom. The molecule has 0 unspecified atom stereocenters. The van der Waals surface area contributed by atoms with Crippen LogP contribution in [0.25, 0.3) is 0 Å². The summed E-state index contributed by atoms with van der Waals surface area (Å²) < 4.78 is 1.60. The maximum Gasteiger partial charge on any atom is 0.278 e. The zero-order valence-corrected chi connectivity index (χ0v) is 19.8. The number of pyridine rings is 1. The van der Waals surface area contributed by atoms with Gasteiger partial charge in [0.2, 0.25) is 5.43 Å². The highest BCUT2D eigenvalue weighted by molar-refractivity contribution is 6.31. The predicted octanol–water partition coefficient (Wildman–Crippen LogP) is 4.51. The lowest BCUT2D eigenvalue weighted by molar-refractivity contribution is 0.0621. The van der Waals surface area contributed by atoms with Gasteiger partial charge in [-0.05, 0) is 73.2 Å². The van der Waals surface area contributed by atoms with Crippen LogP contribution in [-0.4, -0.2) is 33.3 Å². The number of fused-ring (bicyclic) bond motifs is 3. The molecule has 1 aromatic heterocycles. The van der Waals surface area contributed by atoms with Crippen molar-refractivity contribution in [3.63, 3.8) is 0 Å². The number of halogens is 2. The minimum atomic E-state index is -0.590. The third-order valence-corrected chi connectivity index (χ3v) is 6.95. The highest BCUT2D eigenvalue weighted by atomic mass is 35.5. The van der Waals surface area contributed by atoms with Gasteiger partial charge < -0.3 is 10.0 Å². The fourth-order valence-corrected chi connectivity index (χ4v) is 5.17. The third kappa shape index (κ3) is 3.58. The van der Waals surface area contributed by atoms with Crippen LogP contribution in [0.4, 0.5) is 0 Å². The Balaban J connectivity index is 1.82. The molecule has 0 atom stereocenters. The summed E-state index contributed by atoms with van der Waals surface area (Å²) >= 11 is 12.9. The largest absolute Gasteiger partial charge is 0.502 e. The average molecular weight is 484 g/mol. The number of aromatic hydroxyl groups is 1. The molecule has 2 heterocycles. The number of aromatic nitrogens is 1. The van der Waals surface area contributed by atoms with Crippen LogP contribution in [0.2, 0.25) is 10.0 Å². The lowest BCUT2D eigenvalue weighted by Gasteiger charge is -2.45. The van der Waals surface area contributed by atoms with Crippen molar-refractivity contribution in [1.82, 2.24) is 9.58 Å². The molecule has 0 fully saturated rings. The number of amides is 1. The van der Waals surface area contributed by atoms with E-state index < -0.39 is 11.2 Å². The summed E-state index contributed by atoms with van der Waals surface area (Å²) in [5, 5.41) is 13.8. The Labute approximate surface area is 201 Å². The van der Waals surface area contributed by atoms with Crippen molar-refractivity contribution in [2.45, 2.75) is 38.8 Å². The molecule has 2 aromatic carbocycles. The molecule has 5 rings (SSSR count). The zero-order chi connectivity index (χ0) is 23.4. The van der Waals surface area contributed by atoms with Gasteiger partial charge in [-0.3, -0.25) is 19.3 Å². The van der Waals surface area contributed by atoms with Gasteiger partial charge >= 0.3 is 0 Å². The van der Waals surface area contributed by atoms with Crippen molar-refractivity contribution >= 4 is 29.1 Å². The number of aryl methyl sites for hydroxylation is 2. The molecule has 1 aliphatic carbocycles. The summed E-state index contributed by atoms with van der Waals surface area (Å²) in [6, 6.07) is 12.5. The Bertz CT molecular complexity index is 1280. The van der Waals surface area contributed by atoms with Crippen LogP contribution in [0.3, 0.4) is 0 Å². The van der Waals surface area contributed by atoms with Gasteiger partial charge in [-0.1, -0.05) is 35.3 Å². The molecule has 6 nitrogen and oxygen atoms in total. The molecule has 1 N–H and O–H groups in total. The van der Waals surface area contributed by atoms with Gasteiger partial charge in [-0.15, -0.1) is 0 Å². The first kappa shape index (κ1) is 21.9. The summed E-state index contributed by atoms with van der Waals surface area (Å²) in [5.74, 6) is -0.938. The molecule has 0 saturated carbocycles. The second-order valence-electron chi connectivity index (χ2n) is 8.76. The maximum absolute atomic E-state index is 13.3. The number of carbonyl (C=O) groups excluding carboxylic acids is 1. The van der Waals surface area contributed by atoms with E-state index in [4.69, 9.17) is 23.2 Å². The molecule has 33 heavy (non-hydrogen) atoms. The van der Waals surface area contributed by atoms with E-state index in [1.54, 1.807) is 15.8 Å². The van der Waals surface area contributed by atoms with E-state index in [0.29, 0.717) is 10.0 Å². The number of nitrogens with zero attached hydrogens (tertiary/aromatic N) is 3. The Kier molecular flexibility index (Phi) is 5.38. The highest BCUT2D eigenvalue weighted by Gasteiger charge is 2.39. The molecule has 2 aliphatic rings. The van der Waals surface area contributed by atoms with Gasteiger partial charge in [-0.2, -0.15) is 0 Å². The topological polar surface area (TPSA) is 65.8 Å². The average Bonchev–Trinajstić information content (AvgIpc) is 2.92. The Morgan fingerprint density at radius 3 is 2.06 bits per heavy atom.